The van der Waals surface area contributed by atoms with Crippen LogP contribution in [0.15, 0.2) is 24.3 Å². The molecule has 0 spiro atoms. The Morgan fingerprint density at radius 2 is 2.17 bits per heavy atom. The van der Waals surface area contributed by atoms with Gasteiger partial charge in [-0.05, 0) is 53.5 Å². The molecule has 1 aliphatic carbocycles. The van der Waals surface area contributed by atoms with Gasteiger partial charge in [-0.1, -0.05) is 32.1 Å². The van der Waals surface area contributed by atoms with Crippen LogP contribution in [-0.4, -0.2) is 16.8 Å². The van der Waals surface area contributed by atoms with Crippen molar-refractivity contribution >= 4 is 5.57 Å². The fourth-order valence-electron chi connectivity index (χ4n) is 2.74. The first-order valence-corrected chi connectivity index (χ1v) is 6.56. The molecule has 2 nitrogen and oxygen atoms in total. The van der Waals surface area contributed by atoms with Crippen molar-refractivity contribution in [1.29, 1.82) is 0 Å². The van der Waals surface area contributed by atoms with Gasteiger partial charge >= 0.3 is 0 Å². The summed E-state index contributed by atoms with van der Waals surface area (Å²) < 4.78 is 0. The van der Waals surface area contributed by atoms with E-state index in [0.717, 1.165) is 29.5 Å². The van der Waals surface area contributed by atoms with Gasteiger partial charge in [0.05, 0.1) is 12.7 Å². The zero-order chi connectivity index (χ0) is 13.3. The summed E-state index contributed by atoms with van der Waals surface area (Å²) in [6.45, 7) is 6.50. The summed E-state index contributed by atoms with van der Waals surface area (Å²) >= 11 is 0. The predicted octanol–water partition coefficient (Wildman–Crippen LogP) is 3.19. The number of fused-ring (bicyclic) bond motifs is 1. The molecule has 0 radical (unpaired) electrons. The molecule has 18 heavy (non-hydrogen) atoms. The Hall–Kier alpha value is -1.12. The largest absolute Gasteiger partial charge is 0.392 e. The Kier molecular flexibility index (Phi) is 3.60. The van der Waals surface area contributed by atoms with Gasteiger partial charge < -0.3 is 10.2 Å². The van der Waals surface area contributed by atoms with Crippen LogP contribution in [0.25, 0.3) is 5.57 Å². The van der Waals surface area contributed by atoms with E-state index in [9.17, 15) is 5.11 Å². The fraction of sp³-hybridized carbons (Fsp3) is 0.500. The van der Waals surface area contributed by atoms with Crippen LogP contribution in [0, 0.1) is 0 Å². The first kappa shape index (κ1) is 13.3. The normalized spacial score (nSPS) is 22.7. The van der Waals surface area contributed by atoms with E-state index in [2.05, 4.69) is 32.0 Å². The molecule has 0 bridgehead atoms. The number of rotatable bonds is 2. The molecule has 0 heterocycles. The van der Waals surface area contributed by atoms with E-state index in [1.807, 2.05) is 6.92 Å². The lowest BCUT2D eigenvalue weighted by Crippen LogP contribution is -2.26. The fourth-order valence-corrected chi connectivity index (χ4v) is 2.74. The number of aliphatic hydroxyl groups is 2. The minimum Gasteiger partial charge on any atom is -0.392 e. The first-order chi connectivity index (χ1) is 8.45. The van der Waals surface area contributed by atoms with Gasteiger partial charge in [-0.25, -0.2) is 0 Å². The van der Waals surface area contributed by atoms with E-state index in [-0.39, 0.29) is 18.1 Å². The highest BCUT2D eigenvalue weighted by molar-refractivity contribution is 5.65. The maximum atomic E-state index is 10.2. The van der Waals surface area contributed by atoms with Crippen molar-refractivity contribution in [2.75, 3.05) is 6.61 Å². The van der Waals surface area contributed by atoms with Gasteiger partial charge in [-0.15, -0.1) is 0 Å². The lowest BCUT2D eigenvalue weighted by molar-refractivity contribution is 0.139. The van der Waals surface area contributed by atoms with E-state index >= 15 is 0 Å². The average molecular weight is 246 g/mol. The smallest absolute Gasteiger partial charge is 0.0793 e. The Morgan fingerprint density at radius 1 is 1.44 bits per heavy atom. The van der Waals surface area contributed by atoms with Crippen molar-refractivity contribution in [3.8, 4) is 0 Å². The van der Waals surface area contributed by atoms with Crippen LogP contribution < -0.4 is 0 Å². The zero-order valence-corrected chi connectivity index (χ0v) is 11.4. The third kappa shape index (κ3) is 2.36. The van der Waals surface area contributed by atoms with Crippen LogP contribution in [0.5, 0.6) is 0 Å². The van der Waals surface area contributed by atoms with E-state index in [0.29, 0.717) is 0 Å². The molecule has 1 unspecified atom stereocenters. The lowest BCUT2D eigenvalue weighted by atomic mass is 9.71. The molecule has 1 aliphatic rings. The third-order valence-corrected chi connectivity index (χ3v) is 4.04. The van der Waals surface area contributed by atoms with Crippen molar-refractivity contribution in [1.82, 2.24) is 0 Å². The molecule has 98 valence electrons. The van der Waals surface area contributed by atoms with Gasteiger partial charge in [0, 0.05) is 0 Å². The first-order valence-electron chi connectivity index (χ1n) is 6.56. The highest BCUT2D eigenvalue weighted by Crippen LogP contribution is 2.42. The summed E-state index contributed by atoms with van der Waals surface area (Å²) in [5.74, 6) is 0. The van der Waals surface area contributed by atoms with Crippen LogP contribution in [0.3, 0.4) is 0 Å². The molecule has 0 saturated carbocycles. The number of aliphatic hydroxyl groups excluding tert-OH is 2. The van der Waals surface area contributed by atoms with E-state index in [1.54, 1.807) is 6.08 Å². The summed E-state index contributed by atoms with van der Waals surface area (Å²) in [6.07, 6.45) is 3.29. The van der Waals surface area contributed by atoms with Gasteiger partial charge in [0.2, 0.25) is 0 Å². The van der Waals surface area contributed by atoms with Crippen LogP contribution in [0.1, 0.15) is 56.4 Å². The van der Waals surface area contributed by atoms with Gasteiger partial charge in [0.25, 0.3) is 0 Å². The SMILES string of the molecule is CC(=CCO)c1ccc2c(c1)C(O)CCC2(C)C. The maximum absolute atomic E-state index is 10.2. The summed E-state index contributed by atoms with van der Waals surface area (Å²) in [5, 5.41) is 19.1. The molecule has 0 aromatic heterocycles. The van der Waals surface area contributed by atoms with Crippen molar-refractivity contribution in [3.63, 3.8) is 0 Å². The number of hydrogen-bond acceptors (Lipinski definition) is 2. The number of benzene rings is 1. The van der Waals surface area contributed by atoms with Crippen LogP contribution >= 0.6 is 0 Å². The predicted molar refractivity (Wildman–Crippen MR) is 74.4 cm³/mol. The highest BCUT2D eigenvalue weighted by atomic mass is 16.3. The highest BCUT2D eigenvalue weighted by Gasteiger charge is 2.31. The van der Waals surface area contributed by atoms with E-state index in [4.69, 9.17) is 5.11 Å². The second-order valence-corrected chi connectivity index (χ2v) is 5.81. The Balaban J connectivity index is 2.48. The standard InChI is InChI=1S/C16H22O2/c1-11(7-9-17)12-4-5-14-13(10-12)15(18)6-8-16(14,2)3/h4-5,7,10,15,17-18H,6,8-9H2,1-3H3. The van der Waals surface area contributed by atoms with Crippen LogP contribution in [0.2, 0.25) is 0 Å². The van der Waals surface area contributed by atoms with Crippen LogP contribution in [0.4, 0.5) is 0 Å². The lowest BCUT2D eigenvalue weighted by Gasteiger charge is -2.35. The maximum Gasteiger partial charge on any atom is 0.0793 e. The monoisotopic (exact) mass is 246 g/mol. The Morgan fingerprint density at radius 3 is 2.83 bits per heavy atom. The quantitative estimate of drug-likeness (QED) is 0.841. The number of hydrogen-bond donors (Lipinski definition) is 2. The van der Waals surface area contributed by atoms with Gasteiger partial charge in [-0.3, -0.25) is 0 Å². The summed E-state index contributed by atoms with van der Waals surface area (Å²) in [6, 6.07) is 6.28. The molecule has 2 N–H and O–H groups in total. The van der Waals surface area contributed by atoms with E-state index in [1.165, 1.54) is 5.56 Å². The molecule has 0 saturated heterocycles. The van der Waals surface area contributed by atoms with Gasteiger partial charge in [0.1, 0.15) is 0 Å². The molecule has 2 heteroatoms. The molecule has 0 aliphatic heterocycles. The Labute approximate surface area is 109 Å². The molecular formula is C16H22O2. The minimum atomic E-state index is -0.352. The number of allylic oxidation sites excluding steroid dienone is 1. The topological polar surface area (TPSA) is 40.5 Å². The molecule has 1 atom stereocenters. The average Bonchev–Trinajstić information content (AvgIpc) is 2.34. The third-order valence-electron chi connectivity index (χ3n) is 4.04. The molecule has 0 fully saturated rings. The van der Waals surface area contributed by atoms with Gasteiger partial charge in [-0.2, -0.15) is 0 Å². The summed E-state index contributed by atoms with van der Waals surface area (Å²) in [7, 11) is 0. The van der Waals surface area contributed by atoms with Crippen molar-refractivity contribution in [2.45, 2.75) is 45.1 Å². The second kappa shape index (κ2) is 4.87. The van der Waals surface area contributed by atoms with Crippen LogP contribution in [-0.2, 0) is 5.41 Å². The molecule has 1 aromatic carbocycles. The van der Waals surface area contributed by atoms with Gasteiger partial charge in [0.15, 0.2) is 0 Å². The second-order valence-electron chi connectivity index (χ2n) is 5.81. The molecular weight excluding hydrogens is 224 g/mol. The van der Waals surface area contributed by atoms with E-state index < -0.39 is 0 Å². The van der Waals surface area contributed by atoms with Crippen molar-refractivity contribution < 1.29 is 10.2 Å². The molecule has 0 amide bonds. The minimum absolute atomic E-state index is 0.0525. The summed E-state index contributed by atoms with van der Waals surface area (Å²) in [5.41, 5.74) is 4.58. The summed E-state index contributed by atoms with van der Waals surface area (Å²) in [4.78, 5) is 0. The Bertz CT molecular complexity index is 472. The molecule has 1 aromatic rings. The molecule has 2 rings (SSSR count). The zero-order valence-electron chi connectivity index (χ0n) is 11.4. The van der Waals surface area contributed by atoms with Crippen molar-refractivity contribution in [3.05, 3.63) is 41.0 Å². The van der Waals surface area contributed by atoms with Crippen molar-refractivity contribution in [2.24, 2.45) is 0 Å².